The Labute approximate surface area is 124 Å². The van der Waals surface area contributed by atoms with Gasteiger partial charge in [0.05, 0.1) is 12.1 Å². The molecule has 0 aromatic carbocycles. The predicted octanol–water partition coefficient (Wildman–Crippen LogP) is 0.622. The van der Waals surface area contributed by atoms with E-state index in [-0.39, 0.29) is 17.4 Å². The molecule has 0 spiro atoms. The van der Waals surface area contributed by atoms with Crippen molar-refractivity contribution in [2.75, 3.05) is 24.8 Å². The minimum Gasteiger partial charge on any atom is -0.383 e. The lowest BCUT2D eigenvalue weighted by atomic mass is 10.1. The van der Waals surface area contributed by atoms with Gasteiger partial charge in [0.15, 0.2) is 0 Å². The first-order valence-electron chi connectivity index (χ1n) is 6.97. The van der Waals surface area contributed by atoms with E-state index in [1.54, 1.807) is 7.11 Å². The molecular weight excluding hydrogens is 272 g/mol. The summed E-state index contributed by atoms with van der Waals surface area (Å²) in [4.78, 5) is 24.5. The molecule has 0 saturated heterocycles. The van der Waals surface area contributed by atoms with Crippen LogP contribution in [0.1, 0.15) is 27.7 Å². The number of aromatic nitrogens is 2. The molecule has 7 nitrogen and oxygen atoms in total. The molecule has 120 valence electrons. The fourth-order valence-corrected chi connectivity index (χ4v) is 2.18. The lowest BCUT2D eigenvalue weighted by Gasteiger charge is -2.28. The van der Waals surface area contributed by atoms with Crippen LogP contribution >= 0.6 is 0 Å². The second-order valence-corrected chi connectivity index (χ2v) is 6.35. The highest BCUT2D eigenvalue weighted by Gasteiger charge is 2.23. The van der Waals surface area contributed by atoms with Gasteiger partial charge in [0.2, 0.25) is 0 Å². The summed E-state index contributed by atoms with van der Waals surface area (Å²) in [6, 6.07) is 0. The summed E-state index contributed by atoms with van der Waals surface area (Å²) >= 11 is 0. The number of hydrogen-bond acceptors (Lipinski definition) is 5. The monoisotopic (exact) mass is 298 g/mol. The third-order valence-electron chi connectivity index (χ3n) is 3.10. The van der Waals surface area contributed by atoms with E-state index >= 15 is 0 Å². The molecule has 1 aromatic rings. The molecule has 0 radical (unpaired) electrons. The van der Waals surface area contributed by atoms with E-state index in [1.807, 2.05) is 27.7 Å². The normalized spacial score (nSPS) is 12.0. The number of nitrogen functional groups attached to an aromatic ring is 1. The van der Waals surface area contributed by atoms with Crippen molar-refractivity contribution in [3.05, 3.63) is 20.8 Å². The minimum absolute atomic E-state index is 0.168. The largest absolute Gasteiger partial charge is 0.383 e. The molecule has 0 aliphatic heterocycles. The maximum atomic E-state index is 12.3. The topological polar surface area (TPSA) is 91.3 Å². The fraction of sp³-hybridized carbons (Fsp3) is 0.714. The zero-order chi connectivity index (χ0) is 16.4. The summed E-state index contributed by atoms with van der Waals surface area (Å²) in [5.74, 6) is 0.406. The predicted molar refractivity (Wildman–Crippen MR) is 84.8 cm³/mol. The molecule has 1 aromatic heterocycles. The molecule has 0 saturated carbocycles. The smallest absolute Gasteiger partial charge is 0.332 e. The molecule has 0 bridgehead atoms. The number of nitrogens with one attached hydrogen (secondary N) is 1. The Hall–Kier alpha value is -1.76. The second kappa shape index (κ2) is 6.34. The van der Waals surface area contributed by atoms with Crippen molar-refractivity contribution in [1.82, 2.24) is 9.13 Å². The Morgan fingerprint density at radius 3 is 2.38 bits per heavy atom. The highest BCUT2D eigenvalue weighted by Crippen LogP contribution is 2.18. The van der Waals surface area contributed by atoms with Crippen LogP contribution in [-0.2, 0) is 18.3 Å². The highest BCUT2D eigenvalue weighted by molar-refractivity contribution is 5.61. The molecule has 0 amide bonds. The van der Waals surface area contributed by atoms with Crippen molar-refractivity contribution in [3.63, 3.8) is 0 Å². The van der Waals surface area contributed by atoms with Gasteiger partial charge < -0.3 is 15.8 Å². The van der Waals surface area contributed by atoms with Crippen LogP contribution in [0.5, 0.6) is 0 Å². The maximum Gasteiger partial charge on any atom is 0.332 e. The van der Waals surface area contributed by atoms with Crippen LogP contribution in [0.2, 0.25) is 0 Å². The Bertz CT molecular complexity index is 614. The number of nitrogens with two attached hydrogens (primary N) is 1. The van der Waals surface area contributed by atoms with Crippen LogP contribution < -0.4 is 22.3 Å². The molecule has 0 atom stereocenters. The van der Waals surface area contributed by atoms with E-state index in [1.165, 1.54) is 11.6 Å². The van der Waals surface area contributed by atoms with Crippen molar-refractivity contribution >= 4 is 11.5 Å². The summed E-state index contributed by atoms with van der Waals surface area (Å²) in [7, 11) is 3.04. The van der Waals surface area contributed by atoms with Crippen LogP contribution in [0.3, 0.4) is 0 Å². The third-order valence-corrected chi connectivity index (χ3v) is 3.10. The van der Waals surface area contributed by atoms with Crippen LogP contribution in [-0.4, -0.2) is 28.4 Å². The zero-order valence-corrected chi connectivity index (χ0v) is 13.7. The van der Waals surface area contributed by atoms with Crippen LogP contribution in [0, 0.1) is 5.92 Å². The number of anilines is 2. The summed E-state index contributed by atoms with van der Waals surface area (Å²) in [5.41, 5.74) is 4.98. The number of nitrogens with zero attached hydrogens (tertiary/aromatic N) is 2. The summed E-state index contributed by atoms with van der Waals surface area (Å²) in [6.07, 6.45) is 0. The third kappa shape index (κ3) is 3.87. The van der Waals surface area contributed by atoms with Crippen molar-refractivity contribution in [3.8, 4) is 0 Å². The van der Waals surface area contributed by atoms with E-state index in [2.05, 4.69) is 5.32 Å². The molecule has 21 heavy (non-hydrogen) atoms. The van der Waals surface area contributed by atoms with Gasteiger partial charge in [-0.2, -0.15) is 0 Å². The zero-order valence-electron chi connectivity index (χ0n) is 13.7. The molecule has 0 unspecified atom stereocenters. The summed E-state index contributed by atoms with van der Waals surface area (Å²) < 4.78 is 7.63. The Balaban J connectivity index is 3.42. The second-order valence-electron chi connectivity index (χ2n) is 6.35. The summed E-state index contributed by atoms with van der Waals surface area (Å²) in [6.45, 7) is 8.62. The quantitative estimate of drug-likeness (QED) is 0.803. The molecular formula is C14H26N4O3. The minimum atomic E-state index is -0.477. The maximum absolute atomic E-state index is 12.3. The van der Waals surface area contributed by atoms with Crippen molar-refractivity contribution in [2.24, 2.45) is 13.0 Å². The van der Waals surface area contributed by atoms with Gasteiger partial charge in [0.25, 0.3) is 5.56 Å². The number of methoxy groups -OCH3 is 1. The lowest BCUT2D eigenvalue weighted by molar-refractivity contribution is 0.158. The summed E-state index contributed by atoms with van der Waals surface area (Å²) in [5, 5.41) is 3.09. The van der Waals surface area contributed by atoms with Gasteiger partial charge in [-0.25, -0.2) is 4.79 Å². The van der Waals surface area contributed by atoms with Crippen molar-refractivity contribution in [1.29, 1.82) is 0 Å². The molecule has 1 rings (SSSR count). The molecule has 7 heteroatoms. The highest BCUT2D eigenvalue weighted by atomic mass is 16.5. The number of ether oxygens (including phenoxy) is 1. The Morgan fingerprint density at radius 1 is 1.33 bits per heavy atom. The van der Waals surface area contributed by atoms with Gasteiger partial charge in [-0.3, -0.25) is 13.9 Å². The molecule has 1 heterocycles. The van der Waals surface area contributed by atoms with Crippen LogP contribution in [0.4, 0.5) is 11.5 Å². The SMILES string of the molecule is COCC(C)(C)Nc1c(N)n(CC(C)C)c(=O)n(C)c1=O. The van der Waals surface area contributed by atoms with Gasteiger partial charge in [-0.05, 0) is 19.8 Å². The van der Waals surface area contributed by atoms with Gasteiger partial charge in [-0.1, -0.05) is 13.8 Å². The Morgan fingerprint density at radius 2 is 1.90 bits per heavy atom. The van der Waals surface area contributed by atoms with Gasteiger partial charge >= 0.3 is 5.69 Å². The van der Waals surface area contributed by atoms with Crippen molar-refractivity contribution < 1.29 is 4.74 Å². The van der Waals surface area contributed by atoms with E-state index in [9.17, 15) is 9.59 Å². The number of hydrogen-bond donors (Lipinski definition) is 2. The molecule has 0 aliphatic rings. The van der Waals surface area contributed by atoms with Crippen molar-refractivity contribution in [2.45, 2.75) is 39.8 Å². The van der Waals surface area contributed by atoms with E-state index < -0.39 is 16.8 Å². The average molecular weight is 298 g/mol. The standard InChI is InChI=1S/C14H26N4O3/c1-9(2)7-18-11(15)10(12(19)17(5)13(18)20)16-14(3,4)8-21-6/h9,16H,7-8,15H2,1-6H3. The van der Waals surface area contributed by atoms with Crippen LogP contribution in [0.25, 0.3) is 0 Å². The average Bonchev–Trinajstić information content (AvgIpc) is 2.37. The van der Waals surface area contributed by atoms with E-state index in [4.69, 9.17) is 10.5 Å². The lowest BCUT2D eigenvalue weighted by Crippen LogP contribution is -2.45. The molecule has 0 fully saturated rings. The fourth-order valence-electron chi connectivity index (χ4n) is 2.18. The Kier molecular flexibility index (Phi) is 5.22. The first-order valence-corrected chi connectivity index (χ1v) is 6.97. The van der Waals surface area contributed by atoms with Crippen LogP contribution in [0.15, 0.2) is 9.59 Å². The number of rotatable bonds is 6. The van der Waals surface area contributed by atoms with E-state index in [0.29, 0.717) is 13.2 Å². The van der Waals surface area contributed by atoms with Gasteiger partial charge in [0, 0.05) is 20.7 Å². The van der Waals surface area contributed by atoms with E-state index in [0.717, 1.165) is 4.57 Å². The molecule has 3 N–H and O–H groups in total. The van der Waals surface area contributed by atoms with Gasteiger partial charge in [0.1, 0.15) is 11.5 Å². The molecule has 0 aliphatic carbocycles. The van der Waals surface area contributed by atoms with Gasteiger partial charge in [-0.15, -0.1) is 0 Å². The first kappa shape index (κ1) is 17.3. The first-order chi connectivity index (χ1) is 9.60.